The van der Waals surface area contributed by atoms with Crippen LogP contribution >= 0.6 is 11.3 Å². The van der Waals surface area contributed by atoms with Gasteiger partial charge in [0.15, 0.2) is 0 Å². The summed E-state index contributed by atoms with van der Waals surface area (Å²) in [5, 5.41) is 7.95. The number of carbonyl (C=O) groups excluding carboxylic acids is 1. The number of aromatic nitrogens is 1. The molecule has 0 unspecified atom stereocenters. The number of carbonyl (C=O) groups is 1. The van der Waals surface area contributed by atoms with Gasteiger partial charge < -0.3 is 10.6 Å². The number of nitrogens with one attached hydrogen (secondary N) is 2. The number of nitrogens with zero attached hydrogens (tertiary/aromatic N) is 1. The number of rotatable bonds is 6. The largest absolute Gasteiger partial charge is 0.338 e. The summed E-state index contributed by atoms with van der Waals surface area (Å²) in [5.41, 5.74) is 1.05. The lowest BCUT2D eigenvalue weighted by molar-refractivity contribution is 0.236. The fraction of sp³-hybridized carbons (Fsp3) is 0.375. The van der Waals surface area contributed by atoms with Crippen LogP contribution in [-0.4, -0.2) is 17.6 Å². The van der Waals surface area contributed by atoms with Crippen LogP contribution in [0.4, 0.5) is 4.79 Å². The maximum absolute atomic E-state index is 11.9. The van der Waals surface area contributed by atoms with E-state index in [1.54, 1.807) is 23.7 Å². The van der Waals surface area contributed by atoms with Gasteiger partial charge in [-0.15, -0.1) is 11.3 Å². The van der Waals surface area contributed by atoms with Crippen molar-refractivity contribution in [2.45, 2.75) is 26.3 Å². The van der Waals surface area contributed by atoms with Gasteiger partial charge in [0.1, 0.15) is 0 Å². The number of hydrogen-bond donors (Lipinski definition) is 2. The monoisotopic (exact) mass is 303 g/mol. The molecule has 0 radical (unpaired) electrons. The molecule has 2 atom stereocenters. The Balaban J connectivity index is 1.72. The summed E-state index contributed by atoms with van der Waals surface area (Å²) in [5.74, 6) is 0.422. The molecule has 2 aromatic rings. The van der Waals surface area contributed by atoms with Gasteiger partial charge in [-0.1, -0.05) is 13.0 Å². The second kappa shape index (κ2) is 7.78. The standard InChI is InChI=1S/C16H21N3OS/c1-12(10-15-4-3-9-21-15)11-18-16(20)19-13(2)14-5-7-17-8-6-14/h3-9,12-13H,10-11H2,1-2H3,(H2,18,19,20)/t12-,13-/m1/s1. The fourth-order valence-corrected chi connectivity index (χ4v) is 2.96. The van der Waals surface area contributed by atoms with Gasteiger partial charge in [0.25, 0.3) is 0 Å². The zero-order chi connectivity index (χ0) is 15.1. The van der Waals surface area contributed by atoms with E-state index in [0.717, 1.165) is 12.0 Å². The van der Waals surface area contributed by atoms with Gasteiger partial charge in [-0.3, -0.25) is 4.98 Å². The van der Waals surface area contributed by atoms with E-state index in [1.165, 1.54) is 4.88 Å². The van der Waals surface area contributed by atoms with Crippen LogP contribution in [-0.2, 0) is 6.42 Å². The molecule has 0 aliphatic carbocycles. The first kappa shape index (κ1) is 15.5. The number of thiophene rings is 1. The van der Waals surface area contributed by atoms with E-state index in [0.29, 0.717) is 12.5 Å². The van der Waals surface area contributed by atoms with Crippen LogP contribution in [0.3, 0.4) is 0 Å². The van der Waals surface area contributed by atoms with E-state index in [-0.39, 0.29) is 12.1 Å². The topological polar surface area (TPSA) is 54.0 Å². The van der Waals surface area contributed by atoms with Crippen molar-refractivity contribution in [3.63, 3.8) is 0 Å². The number of hydrogen-bond acceptors (Lipinski definition) is 3. The molecule has 0 bridgehead atoms. The Morgan fingerprint density at radius 2 is 2.05 bits per heavy atom. The summed E-state index contributed by atoms with van der Waals surface area (Å²) in [6.45, 7) is 4.78. The lowest BCUT2D eigenvalue weighted by atomic mass is 10.1. The maximum atomic E-state index is 11.9. The van der Waals surface area contributed by atoms with E-state index in [1.807, 2.05) is 19.1 Å². The lowest BCUT2D eigenvalue weighted by Gasteiger charge is -2.16. The zero-order valence-corrected chi connectivity index (χ0v) is 13.2. The summed E-state index contributed by atoms with van der Waals surface area (Å²) in [4.78, 5) is 17.2. The Morgan fingerprint density at radius 1 is 1.29 bits per heavy atom. The third-order valence-electron chi connectivity index (χ3n) is 3.29. The molecule has 2 N–H and O–H groups in total. The van der Waals surface area contributed by atoms with Crippen molar-refractivity contribution in [2.24, 2.45) is 5.92 Å². The van der Waals surface area contributed by atoms with Gasteiger partial charge in [-0.25, -0.2) is 4.79 Å². The number of urea groups is 1. The minimum Gasteiger partial charge on any atom is -0.338 e. The molecule has 0 saturated heterocycles. The van der Waals surface area contributed by atoms with Gasteiger partial charge in [-0.2, -0.15) is 0 Å². The molecule has 21 heavy (non-hydrogen) atoms. The molecule has 0 saturated carbocycles. The van der Waals surface area contributed by atoms with Gasteiger partial charge in [-0.05, 0) is 48.4 Å². The first-order valence-corrected chi connectivity index (χ1v) is 8.00. The highest BCUT2D eigenvalue weighted by Gasteiger charge is 2.10. The highest BCUT2D eigenvalue weighted by atomic mass is 32.1. The van der Waals surface area contributed by atoms with E-state index >= 15 is 0 Å². The SMILES string of the molecule is C[C@@H](CNC(=O)N[C@H](C)c1ccncc1)Cc1cccs1. The Morgan fingerprint density at radius 3 is 2.71 bits per heavy atom. The molecule has 0 aliphatic rings. The Bertz CT molecular complexity index is 542. The van der Waals surface area contributed by atoms with E-state index < -0.39 is 0 Å². The van der Waals surface area contributed by atoms with Gasteiger partial charge in [0.05, 0.1) is 6.04 Å². The molecule has 0 aliphatic heterocycles. The third-order valence-corrected chi connectivity index (χ3v) is 4.19. The molecule has 0 fully saturated rings. The van der Waals surface area contributed by atoms with Crippen LogP contribution < -0.4 is 10.6 Å². The summed E-state index contributed by atoms with van der Waals surface area (Å²) in [6.07, 6.45) is 4.46. The van der Waals surface area contributed by atoms with Crippen molar-refractivity contribution in [3.8, 4) is 0 Å². The average molecular weight is 303 g/mol. The van der Waals surface area contributed by atoms with Crippen molar-refractivity contribution in [1.29, 1.82) is 0 Å². The molecule has 5 heteroatoms. The lowest BCUT2D eigenvalue weighted by Crippen LogP contribution is -2.39. The predicted octanol–water partition coefficient (Wildman–Crippen LogP) is 3.38. The van der Waals surface area contributed by atoms with Crippen LogP contribution in [0.25, 0.3) is 0 Å². The van der Waals surface area contributed by atoms with Crippen molar-refractivity contribution in [1.82, 2.24) is 15.6 Å². The molecule has 4 nitrogen and oxygen atoms in total. The average Bonchev–Trinajstić information content (AvgIpc) is 2.99. The molecule has 0 spiro atoms. The van der Waals surface area contributed by atoms with Gasteiger partial charge in [0, 0.05) is 23.8 Å². The molecule has 112 valence electrons. The molecule has 2 heterocycles. The van der Waals surface area contributed by atoms with E-state index in [2.05, 4.69) is 40.1 Å². The number of pyridine rings is 1. The fourth-order valence-electron chi connectivity index (χ4n) is 2.09. The van der Waals surface area contributed by atoms with Gasteiger partial charge in [0.2, 0.25) is 0 Å². The summed E-state index contributed by atoms with van der Waals surface area (Å²) in [6, 6.07) is 7.85. The number of amides is 2. The quantitative estimate of drug-likeness (QED) is 0.859. The third kappa shape index (κ3) is 5.19. The normalized spacial score (nSPS) is 13.4. The second-order valence-electron chi connectivity index (χ2n) is 5.25. The van der Waals surface area contributed by atoms with Crippen LogP contribution in [0, 0.1) is 5.92 Å². The Kier molecular flexibility index (Phi) is 5.75. The van der Waals surface area contributed by atoms with Crippen molar-refractivity contribution < 1.29 is 4.79 Å². The summed E-state index contributed by atoms with van der Waals surface area (Å²) in [7, 11) is 0. The van der Waals surface area contributed by atoms with E-state index in [4.69, 9.17) is 0 Å². The van der Waals surface area contributed by atoms with E-state index in [9.17, 15) is 4.79 Å². The Hall–Kier alpha value is -1.88. The smallest absolute Gasteiger partial charge is 0.315 e. The molecule has 2 amide bonds. The minimum absolute atomic E-state index is 0.0272. The van der Waals surface area contributed by atoms with Crippen LogP contribution in [0.15, 0.2) is 42.0 Å². The van der Waals surface area contributed by atoms with Crippen molar-refractivity contribution in [3.05, 3.63) is 52.5 Å². The second-order valence-corrected chi connectivity index (χ2v) is 6.28. The van der Waals surface area contributed by atoms with Crippen molar-refractivity contribution >= 4 is 17.4 Å². The maximum Gasteiger partial charge on any atom is 0.315 e. The van der Waals surface area contributed by atoms with Crippen LogP contribution in [0.2, 0.25) is 0 Å². The molecule has 2 rings (SSSR count). The first-order valence-electron chi connectivity index (χ1n) is 7.12. The molecule has 0 aromatic carbocycles. The molecular formula is C16H21N3OS. The van der Waals surface area contributed by atoms with Crippen molar-refractivity contribution in [2.75, 3.05) is 6.54 Å². The highest BCUT2D eigenvalue weighted by molar-refractivity contribution is 7.09. The van der Waals surface area contributed by atoms with Crippen LogP contribution in [0.5, 0.6) is 0 Å². The van der Waals surface area contributed by atoms with Crippen LogP contribution in [0.1, 0.15) is 30.3 Å². The van der Waals surface area contributed by atoms with Gasteiger partial charge >= 0.3 is 6.03 Å². The Labute approximate surface area is 129 Å². The minimum atomic E-state index is -0.127. The predicted molar refractivity (Wildman–Crippen MR) is 86.4 cm³/mol. The highest BCUT2D eigenvalue weighted by Crippen LogP contribution is 2.14. The molecule has 2 aromatic heterocycles. The molecular weight excluding hydrogens is 282 g/mol. The summed E-state index contributed by atoms with van der Waals surface area (Å²) < 4.78 is 0. The first-order chi connectivity index (χ1) is 10.1. The summed E-state index contributed by atoms with van der Waals surface area (Å²) >= 11 is 1.76. The zero-order valence-electron chi connectivity index (χ0n) is 12.4.